The van der Waals surface area contributed by atoms with Gasteiger partial charge in [-0.3, -0.25) is 14.9 Å². The fraction of sp³-hybridized carbons (Fsp3) is 0.417. The van der Waals surface area contributed by atoms with E-state index in [4.69, 9.17) is 9.47 Å². The number of carbonyl (C=O) groups excluding carboxylic acids is 1. The van der Waals surface area contributed by atoms with Gasteiger partial charge < -0.3 is 9.47 Å². The van der Waals surface area contributed by atoms with Gasteiger partial charge in [0.1, 0.15) is 12.4 Å². The summed E-state index contributed by atoms with van der Waals surface area (Å²) in [6, 6.07) is 4.06. The van der Waals surface area contributed by atoms with Crippen LogP contribution in [0.1, 0.15) is 24.2 Å². The van der Waals surface area contributed by atoms with Gasteiger partial charge in [-0.25, -0.2) is 0 Å². The molecule has 0 aromatic heterocycles. The molecule has 0 amide bonds. The summed E-state index contributed by atoms with van der Waals surface area (Å²) in [5, 5.41) is 10.6. The second-order valence-electron chi connectivity index (χ2n) is 3.86. The zero-order valence-electron chi connectivity index (χ0n) is 10.3. The standard InChI is InChI=1S/C12H15NO5/c1-9(2)17-5-6-18-11-3-4-12(13(15)16)10(7-11)8-14/h3-4,7-9H,5-6H2,1-2H3. The number of nitrogens with zero attached hydrogens (tertiary/aromatic N) is 1. The van der Waals surface area contributed by atoms with E-state index in [0.717, 1.165) is 0 Å². The molecule has 1 rings (SSSR count). The second kappa shape index (κ2) is 6.70. The van der Waals surface area contributed by atoms with E-state index in [0.29, 0.717) is 25.2 Å². The average Bonchev–Trinajstić information content (AvgIpc) is 2.33. The van der Waals surface area contributed by atoms with Crippen LogP contribution in [0.3, 0.4) is 0 Å². The van der Waals surface area contributed by atoms with Crippen molar-refractivity contribution in [3.05, 3.63) is 33.9 Å². The van der Waals surface area contributed by atoms with Crippen molar-refractivity contribution >= 4 is 12.0 Å². The van der Waals surface area contributed by atoms with Gasteiger partial charge in [0.05, 0.1) is 23.2 Å². The van der Waals surface area contributed by atoms with Crippen molar-refractivity contribution in [1.29, 1.82) is 0 Å². The zero-order valence-corrected chi connectivity index (χ0v) is 10.3. The van der Waals surface area contributed by atoms with Crippen LogP contribution in [0.15, 0.2) is 18.2 Å². The molecule has 18 heavy (non-hydrogen) atoms. The summed E-state index contributed by atoms with van der Waals surface area (Å²) >= 11 is 0. The summed E-state index contributed by atoms with van der Waals surface area (Å²) in [7, 11) is 0. The number of rotatable bonds is 7. The first-order valence-corrected chi connectivity index (χ1v) is 5.52. The van der Waals surface area contributed by atoms with Crippen LogP contribution in [-0.2, 0) is 4.74 Å². The zero-order chi connectivity index (χ0) is 13.5. The van der Waals surface area contributed by atoms with Crippen LogP contribution in [0.25, 0.3) is 0 Å². The fourth-order valence-electron chi connectivity index (χ4n) is 1.33. The van der Waals surface area contributed by atoms with E-state index in [1.54, 1.807) is 0 Å². The lowest BCUT2D eigenvalue weighted by Gasteiger charge is -2.09. The first-order valence-electron chi connectivity index (χ1n) is 5.52. The van der Waals surface area contributed by atoms with E-state index in [1.165, 1.54) is 18.2 Å². The van der Waals surface area contributed by atoms with E-state index < -0.39 is 4.92 Å². The monoisotopic (exact) mass is 253 g/mol. The van der Waals surface area contributed by atoms with Gasteiger partial charge in [0.25, 0.3) is 5.69 Å². The molecule has 0 aliphatic carbocycles. The summed E-state index contributed by atoms with van der Waals surface area (Å²) in [5.74, 6) is 0.412. The summed E-state index contributed by atoms with van der Waals surface area (Å²) in [6.45, 7) is 4.58. The van der Waals surface area contributed by atoms with Crippen molar-refractivity contribution in [2.75, 3.05) is 13.2 Å². The van der Waals surface area contributed by atoms with Crippen LogP contribution >= 0.6 is 0 Å². The Bertz CT molecular complexity index is 430. The third kappa shape index (κ3) is 4.14. The van der Waals surface area contributed by atoms with E-state index >= 15 is 0 Å². The number of nitro groups is 1. The van der Waals surface area contributed by atoms with Gasteiger partial charge in [0.2, 0.25) is 0 Å². The quantitative estimate of drug-likeness (QED) is 0.322. The molecule has 0 bridgehead atoms. The molecule has 0 heterocycles. The summed E-state index contributed by atoms with van der Waals surface area (Å²) in [5.41, 5.74) is -0.224. The van der Waals surface area contributed by atoms with Crippen LogP contribution in [0.2, 0.25) is 0 Å². The fourth-order valence-corrected chi connectivity index (χ4v) is 1.33. The van der Waals surface area contributed by atoms with Crippen LogP contribution in [0, 0.1) is 10.1 Å². The summed E-state index contributed by atoms with van der Waals surface area (Å²) in [4.78, 5) is 20.7. The Balaban J connectivity index is 2.63. The summed E-state index contributed by atoms with van der Waals surface area (Å²) in [6.07, 6.45) is 0.561. The molecule has 0 N–H and O–H groups in total. The number of benzene rings is 1. The molecular weight excluding hydrogens is 238 g/mol. The van der Waals surface area contributed by atoms with Crippen molar-refractivity contribution in [3.63, 3.8) is 0 Å². The number of ether oxygens (including phenoxy) is 2. The molecule has 0 radical (unpaired) electrons. The lowest BCUT2D eigenvalue weighted by Crippen LogP contribution is -2.11. The van der Waals surface area contributed by atoms with E-state index in [1.807, 2.05) is 13.8 Å². The lowest BCUT2D eigenvalue weighted by atomic mass is 10.2. The molecular formula is C12H15NO5. The highest BCUT2D eigenvalue weighted by atomic mass is 16.6. The molecule has 0 spiro atoms. The van der Waals surface area contributed by atoms with Crippen LogP contribution in [0.4, 0.5) is 5.69 Å². The number of nitro benzene ring substituents is 1. The predicted octanol–water partition coefficient (Wildman–Crippen LogP) is 2.21. The minimum Gasteiger partial charge on any atom is -0.491 e. The number of carbonyl (C=O) groups is 1. The topological polar surface area (TPSA) is 78.7 Å². The molecule has 0 saturated heterocycles. The van der Waals surface area contributed by atoms with Crippen molar-refractivity contribution in [2.45, 2.75) is 20.0 Å². The molecule has 0 aliphatic heterocycles. The first kappa shape index (κ1) is 14.1. The maximum absolute atomic E-state index is 10.7. The molecule has 6 heteroatoms. The summed E-state index contributed by atoms with van der Waals surface area (Å²) < 4.78 is 10.6. The minimum absolute atomic E-state index is 0.00211. The SMILES string of the molecule is CC(C)OCCOc1ccc([N+](=O)[O-])c(C=O)c1. The minimum atomic E-state index is -0.602. The van der Waals surface area contributed by atoms with Gasteiger partial charge in [0, 0.05) is 6.07 Å². The highest BCUT2D eigenvalue weighted by Crippen LogP contribution is 2.22. The van der Waals surface area contributed by atoms with Crippen molar-refractivity contribution < 1.29 is 19.2 Å². The van der Waals surface area contributed by atoms with Gasteiger partial charge in [-0.2, -0.15) is 0 Å². The van der Waals surface area contributed by atoms with Gasteiger partial charge in [-0.1, -0.05) is 0 Å². The van der Waals surface area contributed by atoms with Gasteiger partial charge in [0.15, 0.2) is 6.29 Å². The average molecular weight is 253 g/mol. The highest BCUT2D eigenvalue weighted by Gasteiger charge is 2.13. The Labute approximate surface area is 105 Å². The molecule has 1 aromatic rings. The van der Waals surface area contributed by atoms with Gasteiger partial charge >= 0.3 is 0 Å². The van der Waals surface area contributed by atoms with Crippen LogP contribution in [-0.4, -0.2) is 30.5 Å². The van der Waals surface area contributed by atoms with Crippen molar-refractivity contribution in [2.24, 2.45) is 0 Å². The largest absolute Gasteiger partial charge is 0.491 e. The Morgan fingerprint density at radius 3 is 2.67 bits per heavy atom. The Morgan fingerprint density at radius 2 is 2.11 bits per heavy atom. The Kier molecular flexibility index (Phi) is 5.26. The molecule has 6 nitrogen and oxygen atoms in total. The predicted molar refractivity (Wildman–Crippen MR) is 65.1 cm³/mol. The Hall–Kier alpha value is -1.95. The maximum Gasteiger partial charge on any atom is 0.280 e. The third-order valence-corrected chi connectivity index (χ3v) is 2.13. The van der Waals surface area contributed by atoms with E-state index in [2.05, 4.69) is 0 Å². The molecule has 0 unspecified atom stereocenters. The highest BCUT2D eigenvalue weighted by molar-refractivity contribution is 5.82. The number of hydrogen-bond acceptors (Lipinski definition) is 5. The smallest absolute Gasteiger partial charge is 0.280 e. The van der Waals surface area contributed by atoms with Crippen LogP contribution < -0.4 is 4.74 Å². The first-order chi connectivity index (χ1) is 8.54. The van der Waals surface area contributed by atoms with E-state index in [-0.39, 0.29) is 17.4 Å². The second-order valence-corrected chi connectivity index (χ2v) is 3.86. The molecule has 0 saturated carbocycles. The number of aldehydes is 1. The number of hydrogen-bond donors (Lipinski definition) is 0. The maximum atomic E-state index is 10.7. The molecule has 1 aromatic carbocycles. The molecule has 0 aliphatic rings. The third-order valence-electron chi connectivity index (χ3n) is 2.13. The lowest BCUT2D eigenvalue weighted by molar-refractivity contribution is -0.385. The van der Waals surface area contributed by atoms with E-state index in [9.17, 15) is 14.9 Å². The normalized spacial score (nSPS) is 10.4. The molecule has 0 fully saturated rings. The van der Waals surface area contributed by atoms with Gasteiger partial charge in [-0.05, 0) is 26.0 Å². The molecule has 0 atom stereocenters. The van der Waals surface area contributed by atoms with Crippen molar-refractivity contribution in [3.8, 4) is 5.75 Å². The van der Waals surface area contributed by atoms with Gasteiger partial charge in [-0.15, -0.1) is 0 Å². The molecule has 98 valence electrons. The van der Waals surface area contributed by atoms with Crippen molar-refractivity contribution in [1.82, 2.24) is 0 Å². The Morgan fingerprint density at radius 1 is 1.39 bits per heavy atom. The van der Waals surface area contributed by atoms with Crippen LogP contribution in [0.5, 0.6) is 5.75 Å².